The van der Waals surface area contributed by atoms with E-state index >= 15 is 0 Å². The normalized spacial score (nSPS) is 15.1. The van der Waals surface area contributed by atoms with Crippen molar-refractivity contribution < 1.29 is 77.5 Å². The van der Waals surface area contributed by atoms with Gasteiger partial charge in [0.05, 0.1) is 0 Å². The van der Waals surface area contributed by atoms with Crippen LogP contribution in [0.2, 0.25) is 0 Å². The molecule has 0 bridgehead atoms. The second kappa shape index (κ2) is 5.32. The molecule has 112 valence electrons. The van der Waals surface area contributed by atoms with Crippen LogP contribution in [0.3, 0.4) is 0 Å². The van der Waals surface area contributed by atoms with Gasteiger partial charge in [0, 0.05) is 0 Å². The van der Waals surface area contributed by atoms with E-state index in [0.717, 1.165) is 0 Å². The quantitative estimate of drug-likeness (QED) is 0.424. The topological polar surface area (TPSA) is 63.6 Å². The van der Waals surface area contributed by atoms with Crippen molar-refractivity contribution in [3.8, 4) is 0 Å². The Bertz CT molecular complexity index is 420. The molecule has 19 heavy (non-hydrogen) atoms. The first-order valence-electron chi connectivity index (χ1n) is 3.33. The number of hydrogen-bond donors (Lipinski definition) is 1. The van der Waals surface area contributed by atoms with Crippen LogP contribution < -0.4 is 18.9 Å². The van der Waals surface area contributed by atoms with Crippen LogP contribution in [0.25, 0.3) is 0 Å². The SMILES string of the molecule is O=S(=O)(O)C(F)(F)C(F)(F)OC(F)(F)C(F)(F)F.[H-].[Li+]. The number of alkyl halides is 9. The summed E-state index contributed by atoms with van der Waals surface area (Å²) in [7, 11) is -6.99. The van der Waals surface area contributed by atoms with Crippen LogP contribution in [-0.2, 0) is 14.9 Å². The zero-order chi connectivity index (χ0) is 15.2. The third-order valence-electron chi connectivity index (χ3n) is 1.25. The van der Waals surface area contributed by atoms with Crippen molar-refractivity contribution in [3.63, 3.8) is 0 Å². The van der Waals surface area contributed by atoms with E-state index in [1.54, 1.807) is 0 Å². The molecule has 0 aliphatic heterocycles. The molecule has 0 saturated heterocycles. The zero-order valence-electron chi connectivity index (χ0n) is 9.48. The molecule has 0 radical (unpaired) electrons. The molecule has 0 atom stereocenters. The number of hydrogen-bond acceptors (Lipinski definition) is 3. The first kappa shape index (κ1) is 21.1. The summed E-state index contributed by atoms with van der Waals surface area (Å²) >= 11 is 0. The first-order chi connectivity index (χ1) is 7.46. The van der Waals surface area contributed by atoms with Crippen LogP contribution in [-0.4, -0.2) is 36.6 Å². The molecule has 4 nitrogen and oxygen atoms in total. The van der Waals surface area contributed by atoms with Crippen LogP contribution >= 0.6 is 0 Å². The van der Waals surface area contributed by atoms with Crippen molar-refractivity contribution in [1.82, 2.24) is 0 Å². The molecular formula is C4H2F9LiO4S. The van der Waals surface area contributed by atoms with Crippen LogP contribution in [0, 0.1) is 0 Å². The van der Waals surface area contributed by atoms with E-state index < -0.39 is 33.8 Å². The van der Waals surface area contributed by atoms with Gasteiger partial charge >= 0.3 is 52.6 Å². The summed E-state index contributed by atoms with van der Waals surface area (Å²) in [5.74, 6) is 0. The molecule has 0 saturated carbocycles. The van der Waals surface area contributed by atoms with Gasteiger partial charge in [0.15, 0.2) is 0 Å². The Morgan fingerprint density at radius 1 is 0.842 bits per heavy atom. The Morgan fingerprint density at radius 3 is 1.37 bits per heavy atom. The Balaban J connectivity index is -0.00000144. The van der Waals surface area contributed by atoms with Crippen molar-refractivity contribution in [2.24, 2.45) is 0 Å². The molecule has 0 aromatic rings. The van der Waals surface area contributed by atoms with Crippen LogP contribution in [0.5, 0.6) is 0 Å². The van der Waals surface area contributed by atoms with E-state index in [9.17, 15) is 47.9 Å². The van der Waals surface area contributed by atoms with E-state index in [-0.39, 0.29) is 20.3 Å². The summed E-state index contributed by atoms with van der Waals surface area (Å²) in [4.78, 5) is 0. The molecule has 0 heterocycles. The third-order valence-corrected chi connectivity index (χ3v) is 2.13. The molecule has 0 spiro atoms. The molecule has 15 heteroatoms. The van der Waals surface area contributed by atoms with Crippen molar-refractivity contribution in [2.75, 3.05) is 0 Å². The van der Waals surface area contributed by atoms with Crippen molar-refractivity contribution >= 4 is 10.1 Å². The van der Waals surface area contributed by atoms with Gasteiger partial charge in [-0.2, -0.15) is 47.9 Å². The Hall–Kier alpha value is -0.163. The fourth-order valence-corrected chi connectivity index (χ4v) is 0.770. The average Bonchev–Trinajstić information content (AvgIpc) is 1.96. The molecular weight excluding hydrogens is 322 g/mol. The summed E-state index contributed by atoms with van der Waals surface area (Å²) in [5, 5.41) is -6.70. The number of halogens is 9. The third kappa shape index (κ3) is 4.15. The van der Waals surface area contributed by atoms with Crippen molar-refractivity contribution in [2.45, 2.75) is 23.6 Å². The minimum Gasteiger partial charge on any atom is -1.00 e. The Morgan fingerprint density at radius 2 is 1.16 bits per heavy atom. The summed E-state index contributed by atoms with van der Waals surface area (Å²) in [6.45, 7) is 0. The number of rotatable bonds is 4. The minimum absolute atomic E-state index is 0. The summed E-state index contributed by atoms with van der Waals surface area (Å²) in [6, 6.07) is 0. The molecule has 0 aliphatic carbocycles. The van der Waals surface area contributed by atoms with Gasteiger partial charge < -0.3 is 1.43 Å². The molecule has 0 aliphatic rings. The fourth-order valence-electron chi connectivity index (χ4n) is 0.428. The maximum atomic E-state index is 12.2. The van der Waals surface area contributed by atoms with Gasteiger partial charge in [-0.25, -0.2) is 4.74 Å². The summed E-state index contributed by atoms with van der Waals surface area (Å²) in [6.07, 6.45) is -20.4. The molecule has 0 amide bonds. The molecule has 0 rings (SSSR count). The molecule has 0 aromatic carbocycles. The van der Waals surface area contributed by atoms with Gasteiger partial charge in [-0.05, 0) is 0 Å². The molecule has 0 aromatic heterocycles. The minimum atomic E-state index is -6.99. The van der Waals surface area contributed by atoms with E-state index in [2.05, 4.69) is 0 Å². The Labute approximate surface area is 112 Å². The van der Waals surface area contributed by atoms with E-state index in [1.807, 2.05) is 0 Å². The maximum absolute atomic E-state index is 12.2. The average molecular weight is 324 g/mol. The van der Waals surface area contributed by atoms with Gasteiger partial charge in [0.2, 0.25) is 0 Å². The Kier molecular flexibility index (Phi) is 5.92. The van der Waals surface area contributed by atoms with Crippen molar-refractivity contribution in [1.29, 1.82) is 0 Å². The maximum Gasteiger partial charge on any atom is 1.00 e. The molecule has 0 fully saturated rings. The second-order valence-corrected chi connectivity index (χ2v) is 4.09. The van der Waals surface area contributed by atoms with Crippen LogP contribution in [0.15, 0.2) is 0 Å². The predicted octanol–water partition coefficient (Wildman–Crippen LogP) is -0.652. The van der Waals surface area contributed by atoms with Crippen LogP contribution in [0.1, 0.15) is 1.43 Å². The van der Waals surface area contributed by atoms with Gasteiger partial charge in [-0.3, -0.25) is 4.55 Å². The van der Waals surface area contributed by atoms with Gasteiger partial charge in [-0.1, -0.05) is 0 Å². The van der Waals surface area contributed by atoms with Gasteiger partial charge in [0.1, 0.15) is 0 Å². The molecule has 0 unspecified atom stereocenters. The van der Waals surface area contributed by atoms with Crippen molar-refractivity contribution in [3.05, 3.63) is 0 Å². The standard InChI is InChI=1S/C4HF9O4S.Li.H/c5-1(6,7)2(8,9)17-3(10,11)4(12,13)18(14,15)16;;/h(H,14,15,16);;/q;+1;-1. The summed E-state index contributed by atoms with van der Waals surface area (Å²) in [5.41, 5.74) is 0. The zero-order valence-corrected chi connectivity index (χ0v) is 9.30. The monoisotopic (exact) mass is 324 g/mol. The van der Waals surface area contributed by atoms with Crippen LogP contribution in [0.4, 0.5) is 39.5 Å². The fraction of sp³-hybridized carbons (Fsp3) is 1.00. The van der Waals surface area contributed by atoms with Gasteiger partial charge in [0.25, 0.3) is 0 Å². The van der Waals surface area contributed by atoms with E-state index in [0.29, 0.717) is 0 Å². The largest absolute Gasteiger partial charge is 1.00 e. The predicted molar refractivity (Wildman–Crippen MR) is 34.6 cm³/mol. The smallest absolute Gasteiger partial charge is 1.00 e. The van der Waals surface area contributed by atoms with E-state index in [4.69, 9.17) is 4.55 Å². The summed E-state index contributed by atoms with van der Waals surface area (Å²) < 4.78 is 135. The first-order valence-corrected chi connectivity index (χ1v) is 4.77. The van der Waals surface area contributed by atoms with Gasteiger partial charge in [-0.15, -0.1) is 0 Å². The molecule has 1 N–H and O–H groups in total. The van der Waals surface area contributed by atoms with E-state index in [1.165, 1.54) is 4.74 Å². The number of ether oxygens (including phenoxy) is 1. The second-order valence-electron chi connectivity index (χ2n) is 2.63.